The number of hydrogen-bond donors (Lipinski definition) is 1. The molecule has 106 valence electrons. The molecule has 0 radical (unpaired) electrons. The highest BCUT2D eigenvalue weighted by molar-refractivity contribution is 7.99. The van der Waals surface area contributed by atoms with Crippen LogP contribution in [0.2, 0.25) is 5.15 Å². The molecule has 5 heteroatoms. The first-order valence-corrected chi connectivity index (χ1v) is 7.89. The largest absolute Gasteiger partial charge is 0.351 e. The number of thioether (sulfide) groups is 1. The van der Waals surface area contributed by atoms with Gasteiger partial charge in [-0.25, -0.2) is 4.98 Å². The van der Waals surface area contributed by atoms with Crippen molar-refractivity contribution in [3.05, 3.63) is 28.5 Å². The van der Waals surface area contributed by atoms with Crippen LogP contribution < -0.4 is 5.32 Å². The zero-order valence-electron chi connectivity index (χ0n) is 12.1. The molecule has 1 atom stereocenters. The van der Waals surface area contributed by atoms with Crippen molar-refractivity contribution in [2.45, 2.75) is 38.4 Å². The zero-order chi connectivity index (χ0) is 14.6. The summed E-state index contributed by atoms with van der Waals surface area (Å²) in [5.41, 5.74) is 1.26. The molecule has 0 saturated heterocycles. The molecule has 1 aromatic heterocycles. The summed E-state index contributed by atoms with van der Waals surface area (Å²) in [6.07, 6.45) is 2.03. The maximum atomic E-state index is 12.1. The fourth-order valence-electron chi connectivity index (χ4n) is 1.43. The van der Waals surface area contributed by atoms with Crippen molar-refractivity contribution in [2.75, 3.05) is 12.8 Å². The van der Waals surface area contributed by atoms with Gasteiger partial charge < -0.3 is 5.32 Å². The van der Waals surface area contributed by atoms with Crippen LogP contribution in [0.3, 0.4) is 0 Å². The van der Waals surface area contributed by atoms with Crippen molar-refractivity contribution < 1.29 is 4.79 Å². The van der Waals surface area contributed by atoms with E-state index in [1.165, 1.54) is 0 Å². The van der Waals surface area contributed by atoms with Crippen molar-refractivity contribution in [3.8, 4) is 0 Å². The molecule has 0 spiro atoms. The van der Waals surface area contributed by atoms with Gasteiger partial charge in [0.1, 0.15) is 5.15 Å². The van der Waals surface area contributed by atoms with Crippen LogP contribution in [0.15, 0.2) is 12.1 Å². The van der Waals surface area contributed by atoms with Crippen LogP contribution >= 0.6 is 23.4 Å². The normalized spacial score (nSPS) is 13.2. The summed E-state index contributed by atoms with van der Waals surface area (Å²) in [6.45, 7) is 8.85. The Morgan fingerprint density at radius 3 is 2.63 bits per heavy atom. The Kier molecular flexibility index (Phi) is 5.68. The van der Waals surface area contributed by atoms with Gasteiger partial charge in [0.2, 0.25) is 0 Å². The van der Waals surface area contributed by atoms with Gasteiger partial charge in [-0.1, -0.05) is 39.3 Å². The van der Waals surface area contributed by atoms with E-state index in [1.807, 2.05) is 33.1 Å². The quantitative estimate of drug-likeness (QED) is 0.865. The van der Waals surface area contributed by atoms with Crippen molar-refractivity contribution in [2.24, 2.45) is 0 Å². The van der Waals surface area contributed by atoms with E-state index in [2.05, 4.69) is 17.2 Å². The van der Waals surface area contributed by atoms with E-state index in [0.29, 0.717) is 22.5 Å². The number of nitrogens with zero attached hydrogens (tertiary/aromatic N) is 1. The third-order valence-corrected chi connectivity index (χ3v) is 3.94. The predicted molar refractivity (Wildman–Crippen MR) is 83.3 cm³/mol. The molecule has 1 amide bonds. The van der Waals surface area contributed by atoms with Gasteiger partial charge in [0.15, 0.2) is 0 Å². The number of pyridine rings is 1. The number of carbonyl (C=O) groups excluding carboxylic acids is 1. The van der Waals surface area contributed by atoms with Crippen molar-refractivity contribution in [1.82, 2.24) is 10.3 Å². The first-order valence-electron chi connectivity index (χ1n) is 6.23. The Balaban J connectivity index is 2.89. The summed E-state index contributed by atoms with van der Waals surface area (Å²) in [4.78, 5) is 16.4. The predicted octanol–water partition coefficient (Wildman–Crippen LogP) is 3.51. The summed E-state index contributed by atoms with van der Waals surface area (Å²) in [5, 5.41) is 3.66. The maximum absolute atomic E-state index is 12.1. The lowest BCUT2D eigenvalue weighted by Crippen LogP contribution is -2.29. The van der Waals surface area contributed by atoms with E-state index in [4.69, 9.17) is 11.6 Å². The Hall–Kier alpha value is -0.740. The monoisotopic (exact) mass is 300 g/mol. The molecule has 3 nitrogen and oxygen atoms in total. The van der Waals surface area contributed by atoms with Crippen LogP contribution in [0.5, 0.6) is 0 Å². The number of rotatable bonds is 4. The molecule has 1 rings (SSSR count). The standard InChI is InChI=1S/C14H21ClN2OS/c1-9(19-5)8-16-13(18)10-6-11(14(2,3)4)17-12(15)7-10/h6-7,9H,8H2,1-5H3,(H,16,18). The lowest BCUT2D eigenvalue weighted by atomic mass is 9.91. The van der Waals surface area contributed by atoms with E-state index in [0.717, 1.165) is 5.69 Å². The van der Waals surface area contributed by atoms with Crippen LogP contribution in [0, 0.1) is 0 Å². The number of aromatic nitrogens is 1. The average Bonchev–Trinajstić information content (AvgIpc) is 2.33. The molecule has 0 aliphatic heterocycles. The van der Waals surface area contributed by atoms with Crippen molar-refractivity contribution in [3.63, 3.8) is 0 Å². The summed E-state index contributed by atoms with van der Waals surface area (Å²) >= 11 is 7.71. The topological polar surface area (TPSA) is 42.0 Å². The summed E-state index contributed by atoms with van der Waals surface area (Å²) in [6, 6.07) is 3.42. The van der Waals surface area contributed by atoms with Crippen LogP contribution in [-0.4, -0.2) is 28.9 Å². The molecule has 0 bridgehead atoms. The second-order valence-corrected chi connectivity index (χ2v) is 7.23. The highest BCUT2D eigenvalue weighted by Gasteiger charge is 2.19. The van der Waals surface area contributed by atoms with Crippen LogP contribution in [0.25, 0.3) is 0 Å². The number of hydrogen-bond acceptors (Lipinski definition) is 3. The van der Waals surface area contributed by atoms with E-state index < -0.39 is 0 Å². The molecule has 19 heavy (non-hydrogen) atoms. The second kappa shape index (κ2) is 6.62. The Morgan fingerprint density at radius 1 is 1.47 bits per heavy atom. The fraction of sp³-hybridized carbons (Fsp3) is 0.571. The third kappa shape index (κ3) is 5.03. The molecule has 0 aliphatic carbocycles. The Labute approximate surface area is 124 Å². The van der Waals surface area contributed by atoms with Gasteiger partial charge in [0.25, 0.3) is 5.91 Å². The van der Waals surface area contributed by atoms with E-state index in [9.17, 15) is 4.79 Å². The molecular weight excluding hydrogens is 280 g/mol. The molecular formula is C14H21ClN2OS. The van der Waals surface area contributed by atoms with Gasteiger partial charge in [-0.3, -0.25) is 4.79 Å². The average molecular weight is 301 g/mol. The molecule has 0 aliphatic rings. The van der Waals surface area contributed by atoms with Crippen molar-refractivity contribution >= 4 is 29.3 Å². The maximum Gasteiger partial charge on any atom is 0.251 e. The molecule has 0 aromatic carbocycles. The summed E-state index contributed by atoms with van der Waals surface area (Å²) < 4.78 is 0. The number of carbonyl (C=O) groups is 1. The van der Waals surface area contributed by atoms with Gasteiger partial charge in [-0.2, -0.15) is 11.8 Å². The zero-order valence-corrected chi connectivity index (χ0v) is 13.7. The first-order chi connectivity index (χ1) is 8.74. The molecule has 0 fully saturated rings. The smallest absolute Gasteiger partial charge is 0.251 e. The highest BCUT2D eigenvalue weighted by atomic mass is 35.5. The highest BCUT2D eigenvalue weighted by Crippen LogP contribution is 2.23. The second-order valence-electron chi connectivity index (χ2n) is 5.57. The minimum Gasteiger partial charge on any atom is -0.351 e. The number of halogens is 1. The first kappa shape index (κ1) is 16.3. The SMILES string of the molecule is CSC(C)CNC(=O)c1cc(Cl)nc(C(C)(C)C)c1. The minimum absolute atomic E-state index is 0.101. The molecule has 1 unspecified atom stereocenters. The molecule has 1 aromatic rings. The van der Waals surface area contributed by atoms with Crippen LogP contribution in [-0.2, 0) is 5.41 Å². The van der Waals surface area contributed by atoms with Gasteiger partial charge >= 0.3 is 0 Å². The third-order valence-electron chi connectivity index (χ3n) is 2.78. The van der Waals surface area contributed by atoms with Crippen LogP contribution in [0.1, 0.15) is 43.7 Å². The molecule has 0 saturated carbocycles. The van der Waals surface area contributed by atoms with E-state index >= 15 is 0 Å². The lowest BCUT2D eigenvalue weighted by molar-refractivity contribution is 0.0954. The molecule has 1 heterocycles. The van der Waals surface area contributed by atoms with E-state index in [-0.39, 0.29) is 11.3 Å². The number of amides is 1. The van der Waals surface area contributed by atoms with Crippen LogP contribution in [0.4, 0.5) is 0 Å². The lowest BCUT2D eigenvalue weighted by Gasteiger charge is -2.19. The van der Waals surface area contributed by atoms with Gasteiger partial charge in [-0.05, 0) is 18.4 Å². The Bertz CT molecular complexity index is 457. The summed E-state index contributed by atoms with van der Waals surface area (Å²) in [5.74, 6) is -0.101. The van der Waals surface area contributed by atoms with E-state index in [1.54, 1.807) is 17.8 Å². The van der Waals surface area contributed by atoms with Gasteiger partial charge in [0.05, 0.1) is 0 Å². The van der Waals surface area contributed by atoms with Gasteiger partial charge in [-0.15, -0.1) is 0 Å². The molecule has 1 N–H and O–H groups in total. The van der Waals surface area contributed by atoms with Crippen molar-refractivity contribution in [1.29, 1.82) is 0 Å². The summed E-state index contributed by atoms with van der Waals surface area (Å²) in [7, 11) is 0. The fourth-order valence-corrected chi connectivity index (χ4v) is 1.89. The van der Waals surface area contributed by atoms with Gasteiger partial charge in [0, 0.05) is 28.5 Å². The number of nitrogens with one attached hydrogen (secondary N) is 1. The Morgan fingerprint density at radius 2 is 2.11 bits per heavy atom. The minimum atomic E-state index is -0.132.